The summed E-state index contributed by atoms with van der Waals surface area (Å²) in [6.07, 6.45) is 1.53. The van der Waals surface area contributed by atoms with Crippen molar-refractivity contribution in [3.63, 3.8) is 0 Å². The van der Waals surface area contributed by atoms with Crippen LogP contribution in [0.3, 0.4) is 0 Å². The molecule has 0 bridgehead atoms. The van der Waals surface area contributed by atoms with E-state index >= 15 is 0 Å². The molecule has 1 aliphatic rings. The molecule has 0 aromatic heterocycles. The van der Waals surface area contributed by atoms with E-state index in [1.165, 1.54) is 43.5 Å². The Morgan fingerprint density at radius 2 is 1.93 bits per heavy atom. The molecule has 28 heavy (non-hydrogen) atoms. The van der Waals surface area contributed by atoms with Crippen molar-refractivity contribution in [2.24, 2.45) is 5.10 Å². The second-order valence-electron chi connectivity index (χ2n) is 5.88. The number of carboxylic acid groups (broad SMARTS) is 1. The van der Waals surface area contributed by atoms with Crippen LogP contribution in [0.2, 0.25) is 10.0 Å². The first-order valence-corrected chi connectivity index (χ1v) is 8.69. The van der Waals surface area contributed by atoms with Gasteiger partial charge in [-0.3, -0.25) is 4.79 Å². The minimum Gasteiger partial charge on any atom is -0.504 e. The van der Waals surface area contributed by atoms with Gasteiger partial charge in [-0.05, 0) is 42.8 Å². The van der Waals surface area contributed by atoms with Crippen LogP contribution >= 0.6 is 23.2 Å². The number of anilines is 1. The van der Waals surface area contributed by atoms with E-state index in [4.69, 9.17) is 27.9 Å². The summed E-state index contributed by atoms with van der Waals surface area (Å²) in [5, 5.41) is 24.6. The number of hydrogen-bond donors (Lipinski definition) is 2. The van der Waals surface area contributed by atoms with E-state index in [1.807, 2.05) is 0 Å². The smallest absolute Gasteiger partial charge is 0.337 e. The first kappa shape index (κ1) is 19.7. The highest BCUT2D eigenvalue weighted by molar-refractivity contribution is 6.35. The van der Waals surface area contributed by atoms with Crippen molar-refractivity contribution in [3.8, 4) is 11.5 Å². The zero-order valence-electron chi connectivity index (χ0n) is 14.7. The average Bonchev–Trinajstić information content (AvgIpc) is 2.92. The number of ether oxygens (including phenoxy) is 1. The van der Waals surface area contributed by atoms with Crippen LogP contribution in [0.25, 0.3) is 6.08 Å². The highest BCUT2D eigenvalue weighted by Crippen LogP contribution is 2.35. The molecular formula is C19H14Cl2N2O5. The molecule has 0 saturated carbocycles. The van der Waals surface area contributed by atoms with E-state index in [-0.39, 0.29) is 38.4 Å². The van der Waals surface area contributed by atoms with Gasteiger partial charge in [-0.1, -0.05) is 23.2 Å². The molecule has 0 saturated heterocycles. The molecule has 0 aliphatic carbocycles. The number of carbonyl (C=O) groups is 2. The molecule has 1 heterocycles. The molecule has 2 aromatic carbocycles. The molecule has 2 aromatic rings. The van der Waals surface area contributed by atoms with Gasteiger partial charge >= 0.3 is 5.97 Å². The third kappa shape index (κ3) is 3.54. The summed E-state index contributed by atoms with van der Waals surface area (Å²) in [6.45, 7) is 1.64. The SMILES string of the molecule is COc1cc(C=C2C(=O)N(c3ccc(Cl)c(C(=O)O)c3)N=C2C)c(Cl)cc1O. The maximum atomic E-state index is 12.9. The second-order valence-corrected chi connectivity index (χ2v) is 6.69. The number of aromatic carboxylic acids is 1. The third-order valence-corrected chi connectivity index (χ3v) is 4.74. The average molecular weight is 421 g/mol. The monoisotopic (exact) mass is 420 g/mol. The fourth-order valence-electron chi connectivity index (χ4n) is 2.66. The van der Waals surface area contributed by atoms with Gasteiger partial charge in [0.2, 0.25) is 0 Å². The highest BCUT2D eigenvalue weighted by Gasteiger charge is 2.30. The summed E-state index contributed by atoms with van der Waals surface area (Å²) >= 11 is 12.0. The molecule has 0 unspecified atom stereocenters. The summed E-state index contributed by atoms with van der Waals surface area (Å²) in [7, 11) is 1.40. The van der Waals surface area contributed by atoms with Gasteiger partial charge in [0.05, 0.1) is 39.7 Å². The maximum Gasteiger partial charge on any atom is 0.337 e. The van der Waals surface area contributed by atoms with Gasteiger partial charge in [-0.15, -0.1) is 0 Å². The van der Waals surface area contributed by atoms with Crippen molar-refractivity contribution < 1.29 is 24.5 Å². The number of carbonyl (C=O) groups excluding carboxylic acids is 1. The summed E-state index contributed by atoms with van der Waals surface area (Å²) in [5.41, 5.74) is 1.27. The molecule has 0 spiro atoms. The number of carboxylic acids is 1. The van der Waals surface area contributed by atoms with Crippen molar-refractivity contribution >= 4 is 52.6 Å². The Morgan fingerprint density at radius 1 is 1.21 bits per heavy atom. The molecule has 0 radical (unpaired) electrons. The fourth-order valence-corrected chi connectivity index (χ4v) is 3.07. The largest absolute Gasteiger partial charge is 0.504 e. The Hall–Kier alpha value is -3.03. The Kier molecular flexibility index (Phi) is 5.31. The van der Waals surface area contributed by atoms with Crippen molar-refractivity contribution in [1.29, 1.82) is 0 Å². The van der Waals surface area contributed by atoms with Gasteiger partial charge in [-0.2, -0.15) is 10.1 Å². The van der Waals surface area contributed by atoms with Crippen LogP contribution in [0.1, 0.15) is 22.8 Å². The van der Waals surface area contributed by atoms with Crippen LogP contribution in [0, 0.1) is 0 Å². The molecular weight excluding hydrogens is 407 g/mol. The molecule has 7 nitrogen and oxygen atoms in total. The number of phenolic OH excluding ortho intramolecular Hbond substituents is 1. The minimum atomic E-state index is -1.21. The number of hydrazone groups is 1. The predicted octanol–water partition coefficient (Wildman–Crippen LogP) is 4.21. The number of aromatic hydroxyl groups is 1. The topological polar surface area (TPSA) is 99.4 Å². The lowest BCUT2D eigenvalue weighted by atomic mass is 10.1. The summed E-state index contributed by atoms with van der Waals surface area (Å²) in [6, 6.07) is 6.98. The lowest BCUT2D eigenvalue weighted by Gasteiger charge is -2.13. The third-order valence-electron chi connectivity index (χ3n) is 4.09. The van der Waals surface area contributed by atoms with E-state index in [1.54, 1.807) is 6.92 Å². The van der Waals surface area contributed by atoms with E-state index < -0.39 is 11.9 Å². The normalized spacial score (nSPS) is 15.1. The first-order valence-electron chi connectivity index (χ1n) is 7.94. The highest BCUT2D eigenvalue weighted by atomic mass is 35.5. The van der Waals surface area contributed by atoms with Crippen LogP contribution in [-0.4, -0.2) is 34.9 Å². The maximum absolute atomic E-state index is 12.9. The van der Waals surface area contributed by atoms with E-state index in [9.17, 15) is 19.8 Å². The Balaban J connectivity index is 2.01. The van der Waals surface area contributed by atoms with Gasteiger partial charge in [-0.25, -0.2) is 4.79 Å². The molecule has 1 amide bonds. The van der Waals surface area contributed by atoms with Gasteiger partial charge in [0.15, 0.2) is 11.5 Å². The second kappa shape index (κ2) is 7.53. The number of nitrogens with zero attached hydrogens (tertiary/aromatic N) is 2. The standard InChI is InChI=1S/C19H14Cl2N2O5/c1-9-12(5-10-6-17(28-2)16(24)8-15(10)21)18(25)23(22-9)11-3-4-14(20)13(7-11)19(26)27/h3-8,24H,1-2H3,(H,26,27). The summed E-state index contributed by atoms with van der Waals surface area (Å²) in [5.74, 6) is -1.59. The van der Waals surface area contributed by atoms with E-state index in [0.29, 0.717) is 11.3 Å². The lowest BCUT2D eigenvalue weighted by molar-refractivity contribution is -0.114. The predicted molar refractivity (Wildman–Crippen MR) is 107 cm³/mol. The molecule has 3 rings (SSSR count). The molecule has 0 fully saturated rings. The molecule has 9 heteroatoms. The van der Waals surface area contributed by atoms with Gasteiger partial charge in [0.1, 0.15) is 0 Å². The molecule has 2 N–H and O–H groups in total. The van der Waals surface area contributed by atoms with Gasteiger partial charge in [0, 0.05) is 6.07 Å². The zero-order chi connectivity index (χ0) is 20.6. The van der Waals surface area contributed by atoms with Crippen molar-refractivity contribution in [2.45, 2.75) is 6.92 Å². The van der Waals surface area contributed by atoms with Crippen molar-refractivity contribution in [3.05, 3.63) is 57.1 Å². The quantitative estimate of drug-likeness (QED) is 0.721. The number of halogens is 2. The zero-order valence-corrected chi connectivity index (χ0v) is 16.2. The van der Waals surface area contributed by atoms with Crippen molar-refractivity contribution in [1.82, 2.24) is 0 Å². The van der Waals surface area contributed by atoms with Crippen molar-refractivity contribution in [2.75, 3.05) is 12.1 Å². The molecule has 0 atom stereocenters. The van der Waals surface area contributed by atoms with Crippen LogP contribution in [0.15, 0.2) is 41.0 Å². The van der Waals surface area contributed by atoms with E-state index in [0.717, 1.165) is 5.01 Å². The van der Waals surface area contributed by atoms with Crippen LogP contribution in [0.4, 0.5) is 5.69 Å². The molecule has 144 valence electrons. The van der Waals surface area contributed by atoms with E-state index in [2.05, 4.69) is 5.10 Å². The molecule has 1 aliphatic heterocycles. The number of hydrogen-bond acceptors (Lipinski definition) is 5. The minimum absolute atomic E-state index is 0.0577. The van der Waals surface area contributed by atoms with Crippen LogP contribution in [0.5, 0.6) is 11.5 Å². The number of amides is 1. The van der Waals surface area contributed by atoms with Gasteiger partial charge < -0.3 is 14.9 Å². The summed E-state index contributed by atoms with van der Waals surface area (Å²) in [4.78, 5) is 24.1. The number of benzene rings is 2. The summed E-state index contributed by atoms with van der Waals surface area (Å²) < 4.78 is 5.06. The van der Waals surface area contributed by atoms with Crippen LogP contribution < -0.4 is 9.75 Å². The number of rotatable bonds is 4. The Morgan fingerprint density at radius 3 is 2.57 bits per heavy atom. The lowest BCUT2D eigenvalue weighted by Crippen LogP contribution is -2.21. The van der Waals surface area contributed by atoms with Gasteiger partial charge in [0.25, 0.3) is 5.91 Å². The van der Waals surface area contributed by atoms with Crippen LogP contribution in [-0.2, 0) is 4.79 Å². The number of phenols is 1. The Labute approximate surface area is 170 Å². The number of methoxy groups -OCH3 is 1. The Bertz CT molecular complexity index is 1060. The first-order chi connectivity index (χ1) is 13.2. The fraction of sp³-hybridized carbons (Fsp3) is 0.105.